The molecular formula is C12H16ClN3O. The normalized spacial score (nSPS) is 12.9. The summed E-state index contributed by atoms with van der Waals surface area (Å²) in [6.45, 7) is 2.42. The fraction of sp³-hybridized carbons (Fsp3) is 0.417. The molecule has 0 radical (unpaired) electrons. The molecule has 0 aliphatic carbocycles. The summed E-state index contributed by atoms with van der Waals surface area (Å²) in [6, 6.07) is 5.97. The third kappa shape index (κ3) is 2.53. The summed E-state index contributed by atoms with van der Waals surface area (Å²) in [7, 11) is 2.00. The molecule has 1 heterocycles. The molecule has 0 saturated carbocycles. The second-order valence-electron chi connectivity index (χ2n) is 4.11. The van der Waals surface area contributed by atoms with Crippen molar-refractivity contribution in [2.24, 2.45) is 7.05 Å². The Hall–Kier alpha value is -1.26. The predicted octanol–water partition coefficient (Wildman–Crippen LogP) is 1.89. The van der Waals surface area contributed by atoms with Crippen LogP contribution in [-0.2, 0) is 7.05 Å². The summed E-state index contributed by atoms with van der Waals surface area (Å²) < 4.78 is 2.05. The summed E-state index contributed by atoms with van der Waals surface area (Å²) in [4.78, 5) is 4.46. The number of rotatable bonds is 4. The van der Waals surface area contributed by atoms with E-state index in [4.69, 9.17) is 11.6 Å². The van der Waals surface area contributed by atoms with E-state index >= 15 is 0 Å². The first-order chi connectivity index (χ1) is 8.11. The van der Waals surface area contributed by atoms with Crippen LogP contribution < -0.4 is 5.32 Å². The van der Waals surface area contributed by atoms with Gasteiger partial charge in [0.1, 0.15) is 5.82 Å². The van der Waals surface area contributed by atoms with Crippen molar-refractivity contribution < 1.29 is 5.11 Å². The van der Waals surface area contributed by atoms with Crippen molar-refractivity contribution in [2.45, 2.75) is 13.0 Å². The molecule has 0 aliphatic heterocycles. The number of aliphatic hydroxyl groups is 1. The minimum absolute atomic E-state index is 0.234. The van der Waals surface area contributed by atoms with Gasteiger partial charge in [-0.25, -0.2) is 4.98 Å². The third-order valence-electron chi connectivity index (χ3n) is 2.82. The molecule has 0 saturated heterocycles. The van der Waals surface area contributed by atoms with Gasteiger partial charge in [0.2, 0.25) is 0 Å². The van der Waals surface area contributed by atoms with E-state index in [1.54, 1.807) is 0 Å². The first kappa shape index (κ1) is 12.2. The number of aliphatic hydroxyl groups excluding tert-OH is 1. The van der Waals surface area contributed by atoms with Crippen LogP contribution >= 0.6 is 11.6 Å². The molecule has 2 N–H and O–H groups in total. The van der Waals surface area contributed by atoms with Crippen LogP contribution in [0.5, 0.6) is 0 Å². The van der Waals surface area contributed by atoms with Crippen molar-refractivity contribution in [1.29, 1.82) is 0 Å². The van der Waals surface area contributed by atoms with Crippen molar-refractivity contribution in [3.63, 3.8) is 0 Å². The number of benzene rings is 1. The molecule has 17 heavy (non-hydrogen) atoms. The Morgan fingerprint density at radius 2 is 2.29 bits per heavy atom. The summed E-state index contributed by atoms with van der Waals surface area (Å²) in [6.07, 6.45) is -0.530. The number of nitrogens with zero attached hydrogens (tertiary/aromatic N) is 2. The van der Waals surface area contributed by atoms with E-state index < -0.39 is 6.10 Å². The number of aromatic nitrogens is 2. The van der Waals surface area contributed by atoms with Gasteiger partial charge in [0, 0.05) is 19.3 Å². The van der Waals surface area contributed by atoms with Crippen LogP contribution in [0.15, 0.2) is 18.2 Å². The summed E-state index contributed by atoms with van der Waals surface area (Å²) >= 11 is 5.53. The van der Waals surface area contributed by atoms with Crippen LogP contribution in [0.4, 0.5) is 5.69 Å². The highest BCUT2D eigenvalue weighted by atomic mass is 35.5. The van der Waals surface area contributed by atoms with Gasteiger partial charge in [-0.3, -0.25) is 0 Å². The molecule has 1 unspecified atom stereocenters. The highest BCUT2D eigenvalue weighted by molar-refractivity contribution is 6.18. The predicted molar refractivity (Wildman–Crippen MR) is 70.7 cm³/mol. The maximum atomic E-state index is 9.37. The van der Waals surface area contributed by atoms with Gasteiger partial charge in [0.05, 0.1) is 23.0 Å². The van der Waals surface area contributed by atoms with E-state index in [0.717, 1.165) is 22.5 Å². The minimum Gasteiger partial charge on any atom is -0.390 e. The molecule has 0 spiro atoms. The zero-order valence-corrected chi connectivity index (χ0v) is 10.7. The summed E-state index contributed by atoms with van der Waals surface area (Å²) in [5.74, 6) is 1.22. The zero-order valence-electron chi connectivity index (χ0n) is 9.94. The number of anilines is 1. The number of nitrogens with one attached hydrogen (secondary N) is 1. The molecule has 5 heteroatoms. The molecule has 1 atom stereocenters. The van der Waals surface area contributed by atoms with Crippen molar-refractivity contribution in [3.05, 3.63) is 24.0 Å². The van der Waals surface area contributed by atoms with Gasteiger partial charge in [-0.15, -0.1) is 11.6 Å². The molecule has 0 bridgehead atoms. The van der Waals surface area contributed by atoms with E-state index in [2.05, 4.69) is 10.3 Å². The fourth-order valence-electron chi connectivity index (χ4n) is 1.72. The van der Waals surface area contributed by atoms with Gasteiger partial charge in [-0.1, -0.05) is 0 Å². The highest BCUT2D eigenvalue weighted by Crippen LogP contribution is 2.19. The zero-order chi connectivity index (χ0) is 12.4. The fourth-order valence-corrected chi connectivity index (χ4v) is 1.83. The number of hydrogen-bond donors (Lipinski definition) is 2. The molecule has 0 amide bonds. The number of halogens is 1. The molecule has 92 valence electrons. The van der Waals surface area contributed by atoms with E-state index in [1.165, 1.54) is 0 Å². The van der Waals surface area contributed by atoms with Crippen LogP contribution in [-0.4, -0.2) is 33.2 Å². The smallest absolute Gasteiger partial charge is 0.106 e. The number of fused-ring (bicyclic) bond motifs is 1. The van der Waals surface area contributed by atoms with Gasteiger partial charge in [-0.2, -0.15) is 0 Å². The molecule has 2 aromatic rings. The lowest BCUT2D eigenvalue weighted by molar-refractivity contribution is 0.211. The molecule has 0 aliphatic rings. The van der Waals surface area contributed by atoms with Gasteiger partial charge in [0.15, 0.2) is 0 Å². The molecular weight excluding hydrogens is 238 g/mol. The molecule has 2 rings (SSSR count). The van der Waals surface area contributed by atoms with Crippen LogP contribution in [0, 0.1) is 6.92 Å². The minimum atomic E-state index is -0.530. The quantitative estimate of drug-likeness (QED) is 0.819. The Morgan fingerprint density at radius 1 is 1.53 bits per heavy atom. The van der Waals surface area contributed by atoms with Gasteiger partial charge in [0.25, 0.3) is 0 Å². The van der Waals surface area contributed by atoms with E-state index in [0.29, 0.717) is 6.54 Å². The van der Waals surface area contributed by atoms with Crippen LogP contribution in [0.1, 0.15) is 5.82 Å². The van der Waals surface area contributed by atoms with E-state index in [1.807, 2.05) is 36.7 Å². The average molecular weight is 254 g/mol. The van der Waals surface area contributed by atoms with Gasteiger partial charge < -0.3 is 15.0 Å². The Labute approximate surface area is 105 Å². The average Bonchev–Trinajstić information content (AvgIpc) is 2.62. The number of hydrogen-bond acceptors (Lipinski definition) is 3. The molecule has 1 aromatic heterocycles. The SMILES string of the molecule is Cc1nc2cc(NCC(O)CCl)ccc2n1C. The molecule has 1 aromatic carbocycles. The Kier molecular flexibility index (Phi) is 3.54. The van der Waals surface area contributed by atoms with E-state index in [-0.39, 0.29) is 5.88 Å². The number of alkyl halides is 1. The van der Waals surface area contributed by atoms with Gasteiger partial charge in [-0.05, 0) is 25.1 Å². The lowest BCUT2D eigenvalue weighted by Crippen LogP contribution is -2.20. The second kappa shape index (κ2) is 4.94. The monoisotopic (exact) mass is 253 g/mol. The van der Waals surface area contributed by atoms with Crippen LogP contribution in [0.3, 0.4) is 0 Å². The molecule has 0 fully saturated rings. The van der Waals surface area contributed by atoms with Crippen molar-refractivity contribution in [1.82, 2.24) is 9.55 Å². The number of aryl methyl sites for hydroxylation is 2. The summed E-state index contributed by atoms with van der Waals surface area (Å²) in [5.41, 5.74) is 3.00. The first-order valence-corrected chi connectivity index (χ1v) is 6.06. The lowest BCUT2D eigenvalue weighted by Gasteiger charge is -2.09. The van der Waals surface area contributed by atoms with Crippen LogP contribution in [0.2, 0.25) is 0 Å². The maximum Gasteiger partial charge on any atom is 0.106 e. The number of imidazole rings is 1. The van der Waals surface area contributed by atoms with Crippen molar-refractivity contribution >= 4 is 28.3 Å². The maximum absolute atomic E-state index is 9.37. The Balaban J connectivity index is 2.20. The lowest BCUT2D eigenvalue weighted by atomic mass is 10.2. The standard InChI is InChI=1S/C12H16ClN3O/c1-8-15-11-5-9(14-7-10(17)6-13)3-4-12(11)16(8)2/h3-5,10,14,17H,6-7H2,1-2H3. The highest BCUT2D eigenvalue weighted by Gasteiger charge is 2.06. The van der Waals surface area contributed by atoms with Gasteiger partial charge >= 0.3 is 0 Å². The first-order valence-electron chi connectivity index (χ1n) is 5.53. The largest absolute Gasteiger partial charge is 0.390 e. The van der Waals surface area contributed by atoms with Crippen molar-refractivity contribution in [2.75, 3.05) is 17.7 Å². The molecule has 4 nitrogen and oxygen atoms in total. The Bertz CT molecular complexity index is 524. The Morgan fingerprint density at radius 3 is 3.00 bits per heavy atom. The third-order valence-corrected chi connectivity index (χ3v) is 3.18. The van der Waals surface area contributed by atoms with Crippen molar-refractivity contribution in [3.8, 4) is 0 Å². The van der Waals surface area contributed by atoms with Crippen LogP contribution in [0.25, 0.3) is 11.0 Å². The van der Waals surface area contributed by atoms with E-state index in [9.17, 15) is 5.11 Å². The topological polar surface area (TPSA) is 50.1 Å². The second-order valence-corrected chi connectivity index (χ2v) is 4.42. The summed E-state index contributed by atoms with van der Waals surface area (Å²) in [5, 5.41) is 12.5.